The lowest BCUT2D eigenvalue weighted by Crippen LogP contribution is -2.53. The second-order valence-corrected chi connectivity index (χ2v) is 12.9. The monoisotopic (exact) mass is 611 g/mol. The molecule has 0 spiro atoms. The summed E-state index contributed by atoms with van der Waals surface area (Å²) in [7, 11) is -2.58. The molecule has 3 aromatic rings. The first-order valence-electron chi connectivity index (χ1n) is 14.2. The zero-order valence-electron chi connectivity index (χ0n) is 24.3. The molecule has 0 bridgehead atoms. The van der Waals surface area contributed by atoms with Crippen LogP contribution >= 0.6 is 11.6 Å². The third kappa shape index (κ3) is 7.63. The summed E-state index contributed by atoms with van der Waals surface area (Å²) in [6.07, 6.45) is 5.07. The standard InChI is InChI=1S/C32H38ClN3O5S/c1-23-14-17-27(20-30(23)33)36(42(39,40)29-12-8-5-9-13-29)22-31(37)35(21-25-15-18-28(41-3)19-16-25)24(2)32(38)34-26-10-6-4-7-11-26/h5,8-9,12-20,24,26H,4,6-7,10-11,21-22H2,1-3H3,(H,34,38). The van der Waals surface area contributed by atoms with Crippen molar-refractivity contribution in [3.63, 3.8) is 0 Å². The molecule has 3 aromatic carbocycles. The van der Waals surface area contributed by atoms with Crippen LogP contribution < -0.4 is 14.4 Å². The van der Waals surface area contributed by atoms with Crippen molar-refractivity contribution in [2.24, 2.45) is 0 Å². The Kier molecular flexibility index (Phi) is 10.5. The predicted molar refractivity (Wildman–Crippen MR) is 165 cm³/mol. The van der Waals surface area contributed by atoms with Crippen LogP contribution in [0, 0.1) is 6.92 Å². The van der Waals surface area contributed by atoms with E-state index in [-0.39, 0.29) is 29.1 Å². The van der Waals surface area contributed by atoms with Gasteiger partial charge in [0.1, 0.15) is 18.3 Å². The highest BCUT2D eigenvalue weighted by molar-refractivity contribution is 7.92. The van der Waals surface area contributed by atoms with Crippen LogP contribution in [0.2, 0.25) is 5.02 Å². The largest absolute Gasteiger partial charge is 0.497 e. The number of halogens is 1. The zero-order valence-corrected chi connectivity index (χ0v) is 25.8. The van der Waals surface area contributed by atoms with Gasteiger partial charge in [0, 0.05) is 17.6 Å². The molecule has 224 valence electrons. The fourth-order valence-electron chi connectivity index (χ4n) is 5.06. The SMILES string of the molecule is COc1ccc(CN(C(=O)CN(c2ccc(C)c(Cl)c2)S(=O)(=O)c2ccccc2)C(C)C(=O)NC2CCCCC2)cc1. The van der Waals surface area contributed by atoms with E-state index >= 15 is 0 Å². The minimum absolute atomic E-state index is 0.0410. The number of methoxy groups -OCH3 is 1. The van der Waals surface area contributed by atoms with Crippen molar-refractivity contribution < 1.29 is 22.7 Å². The van der Waals surface area contributed by atoms with Gasteiger partial charge in [0.2, 0.25) is 11.8 Å². The van der Waals surface area contributed by atoms with Crippen molar-refractivity contribution in [2.45, 2.75) is 69.5 Å². The topological polar surface area (TPSA) is 96.0 Å². The average molecular weight is 612 g/mol. The number of amides is 2. The number of nitrogens with one attached hydrogen (secondary N) is 1. The Hall–Kier alpha value is -3.56. The van der Waals surface area contributed by atoms with Crippen LogP contribution in [0.25, 0.3) is 0 Å². The lowest BCUT2D eigenvalue weighted by molar-refractivity contribution is -0.139. The lowest BCUT2D eigenvalue weighted by atomic mass is 9.95. The van der Waals surface area contributed by atoms with Crippen LogP contribution in [0.5, 0.6) is 5.75 Å². The molecule has 42 heavy (non-hydrogen) atoms. The molecule has 0 heterocycles. The Morgan fingerprint density at radius 1 is 1.00 bits per heavy atom. The summed E-state index contributed by atoms with van der Waals surface area (Å²) in [6.45, 7) is 3.08. The van der Waals surface area contributed by atoms with Crippen molar-refractivity contribution in [3.05, 3.63) is 88.9 Å². The first-order valence-corrected chi connectivity index (χ1v) is 16.0. The molecular weight excluding hydrogens is 574 g/mol. The molecule has 2 amide bonds. The van der Waals surface area contributed by atoms with Gasteiger partial charge >= 0.3 is 0 Å². The summed E-state index contributed by atoms with van der Waals surface area (Å²) in [5, 5.41) is 3.49. The van der Waals surface area contributed by atoms with Gasteiger partial charge in [-0.15, -0.1) is 0 Å². The van der Waals surface area contributed by atoms with E-state index in [2.05, 4.69) is 5.32 Å². The first-order chi connectivity index (χ1) is 20.1. The van der Waals surface area contributed by atoms with Gasteiger partial charge < -0.3 is 15.0 Å². The first kappa shape index (κ1) is 31.4. The maximum Gasteiger partial charge on any atom is 0.264 e. The van der Waals surface area contributed by atoms with Crippen LogP contribution in [0.1, 0.15) is 50.2 Å². The van der Waals surface area contributed by atoms with Crippen molar-refractivity contribution >= 4 is 39.1 Å². The Bertz CT molecular complexity index is 1480. The highest BCUT2D eigenvalue weighted by Gasteiger charge is 2.33. The van der Waals surface area contributed by atoms with Gasteiger partial charge in [-0.2, -0.15) is 0 Å². The van der Waals surface area contributed by atoms with Crippen LogP contribution in [0.3, 0.4) is 0 Å². The molecule has 1 N–H and O–H groups in total. The maximum atomic E-state index is 14.1. The van der Waals surface area contributed by atoms with E-state index in [1.165, 1.54) is 23.1 Å². The predicted octanol–water partition coefficient (Wildman–Crippen LogP) is 5.72. The lowest BCUT2D eigenvalue weighted by Gasteiger charge is -2.33. The number of carbonyl (C=O) groups is 2. The summed E-state index contributed by atoms with van der Waals surface area (Å²) in [4.78, 5) is 29.0. The van der Waals surface area contributed by atoms with Gasteiger partial charge in [-0.3, -0.25) is 13.9 Å². The number of hydrogen-bond acceptors (Lipinski definition) is 5. The Morgan fingerprint density at radius 3 is 2.29 bits per heavy atom. The van der Waals surface area contributed by atoms with Gasteiger partial charge in [-0.1, -0.05) is 67.3 Å². The number of sulfonamides is 1. The minimum Gasteiger partial charge on any atom is -0.497 e. The van der Waals surface area contributed by atoms with Crippen LogP contribution in [0.15, 0.2) is 77.7 Å². The van der Waals surface area contributed by atoms with Crippen molar-refractivity contribution in [3.8, 4) is 5.75 Å². The molecule has 1 aliphatic carbocycles. The number of aryl methyl sites for hydroxylation is 1. The molecule has 0 saturated heterocycles. The molecule has 0 aliphatic heterocycles. The Balaban J connectivity index is 1.68. The minimum atomic E-state index is -4.15. The van der Waals surface area contributed by atoms with E-state index in [1.807, 2.05) is 19.1 Å². The van der Waals surface area contributed by atoms with E-state index in [4.69, 9.17) is 16.3 Å². The number of anilines is 1. The van der Waals surface area contributed by atoms with E-state index in [0.717, 1.165) is 47.5 Å². The number of benzene rings is 3. The van der Waals surface area contributed by atoms with Gasteiger partial charge in [0.05, 0.1) is 17.7 Å². The molecule has 0 radical (unpaired) electrons. The second kappa shape index (κ2) is 14.1. The molecule has 1 aliphatic rings. The molecular formula is C32H38ClN3O5S. The molecule has 4 rings (SSSR count). The second-order valence-electron chi connectivity index (χ2n) is 10.6. The molecule has 1 saturated carbocycles. The van der Waals surface area contributed by atoms with E-state index in [1.54, 1.807) is 56.5 Å². The summed E-state index contributed by atoms with van der Waals surface area (Å²) in [5.74, 6) is -0.121. The molecule has 1 fully saturated rings. The third-order valence-electron chi connectivity index (χ3n) is 7.68. The fraction of sp³-hybridized carbons (Fsp3) is 0.375. The normalized spacial score (nSPS) is 14.6. The van der Waals surface area contributed by atoms with Crippen molar-refractivity contribution in [2.75, 3.05) is 18.0 Å². The van der Waals surface area contributed by atoms with E-state index < -0.39 is 28.5 Å². The summed E-state index contributed by atoms with van der Waals surface area (Å²) < 4.78 is 34.1. The third-order valence-corrected chi connectivity index (χ3v) is 9.88. The van der Waals surface area contributed by atoms with Gasteiger partial charge in [0.15, 0.2) is 0 Å². The van der Waals surface area contributed by atoms with Gasteiger partial charge in [0.25, 0.3) is 10.0 Å². The fourth-order valence-corrected chi connectivity index (χ4v) is 6.67. The molecule has 8 nitrogen and oxygen atoms in total. The summed E-state index contributed by atoms with van der Waals surface area (Å²) >= 11 is 6.39. The number of rotatable bonds is 11. The summed E-state index contributed by atoms with van der Waals surface area (Å²) in [6, 6.07) is 19.3. The number of nitrogens with zero attached hydrogens (tertiary/aromatic N) is 2. The van der Waals surface area contributed by atoms with Crippen molar-refractivity contribution in [1.82, 2.24) is 10.2 Å². The molecule has 0 aromatic heterocycles. The highest BCUT2D eigenvalue weighted by atomic mass is 35.5. The molecule has 10 heteroatoms. The van der Waals surface area contributed by atoms with Crippen molar-refractivity contribution in [1.29, 1.82) is 0 Å². The van der Waals surface area contributed by atoms with Crippen LogP contribution in [-0.4, -0.2) is 50.9 Å². The van der Waals surface area contributed by atoms with Gasteiger partial charge in [-0.25, -0.2) is 8.42 Å². The number of ether oxygens (including phenoxy) is 1. The Labute approximate surface area is 253 Å². The number of hydrogen-bond donors (Lipinski definition) is 1. The molecule has 1 unspecified atom stereocenters. The molecule has 1 atom stereocenters. The smallest absolute Gasteiger partial charge is 0.264 e. The van der Waals surface area contributed by atoms with Crippen LogP contribution in [-0.2, 0) is 26.2 Å². The summed E-state index contributed by atoms with van der Waals surface area (Å²) in [5.41, 5.74) is 1.81. The Morgan fingerprint density at radius 2 is 1.67 bits per heavy atom. The highest BCUT2D eigenvalue weighted by Crippen LogP contribution is 2.29. The maximum absolute atomic E-state index is 14.1. The van der Waals surface area contributed by atoms with E-state index in [9.17, 15) is 18.0 Å². The number of carbonyl (C=O) groups excluding carboxylic acids is 2. The quantitative estimate of drug-likeness (QED) is 0.299. The van der Waals surface area contributed by atoms with Gasteiger partial charge in [-0.05, 0) is 74.2 Å². The zero-order chi connectivity index (χ0) is 30.3. The van der Waals surface area contributed by atoms with E-state index in [0.29, 0.717) is 10.8 Å². The van der Waals surface area contributed by atoms with Crippen LogP contribution in [0.4, 0.5) is 5.69 Å². The average Bonchev–Trinajstić information content (AvgIpc) is 3.00.